The fourth-order valence-electron chi connectivity index (χ4n) is 3.94. The van der Waals surface area contributed by atoms with Crippen LogP contribution in [0.15, 0.2) is 24.5 Å². The zero-order chi connectivity index (χ0) is 18.5. The molecule has 3 aromatic rings. The minimum atomic E-state index is 0.299. The zero-order valence-corrected chi connectivity index (χ0v) is 15.5. The van der Waals surface area contributed by atoms with Crippen molar-refractivity contribution in [2.24, 2.45) is 0 Å². The highest BCUT2D eigenvalue weighted by atomic mass is 16.5. The van der Waals surface area contributed by atoms with Crippen LogP contribution in [0.4, 0.5) is 0 Å². The third kappa shape index (κ3) is 2.64. The number of rotatable bonds is 4. The molecular weight excluding hydrogens is 340 g/mol. The number of nitriles is 1. The highest BCUT2D eigenvalue weighted by Crippen LogP contribution is 2.34. The number of ether oxygens (including phenoxy) is 1. The summed E-state index contributed by atoms with van der Waals surface area (Å²) in [5.74, 6) is 0.507. The molecule has 0 unspecified atom stereocenters. The molecular formula is C20H22N6O. The Morgan fingerprint density at radius 3 is 2.78 bits per heavy atom. The topological polar surface area (TPSA) is 82.8 Å². The standard InChI is InChI=1S/C20H22N6O/c1-12(2)26-19(15-8-25(9-15)16-10-27-11-16)4-18(24-26)13-3-17-14(5-21)7-23-20(17)22-6-13/h3-4,6-7,12,15-16H,8-11H2,1-2H3,(H,22,23). The largest absolute Gasteiger partial charge is 0.378 e. The van der Waals surface area contributed by atoms with E-state index in [2.05, 4.69) is 45.5 Å². The Hall–Kier alpha value is -2.69. The van der Waals surface area contributed by atoms with E-state index < -0.39 is 0 Å². The van der Waals surface area contributed by atoms with Crippen molar-refractivity contribution >= 4 is 11.0 Å². The van der Waals surface area contributed by atoms with Crippen molar-refractivity contribution in [3.05, 3.63) is 35.8 Å². The smallest absolute Gasteiger partial charge is 0.138 e. The maximum absolute atomic E-state index is 9.28. The predicted molar refractivity (Wildman–Crippen MR) is 101 cm³/mol. The van der Waals surface area contributed by atoms with Gasteiger partial charge in [-0.05, 0) is 26.0 Å². The quantitative estimate of drug-likeness (QED) is 0.771. The van der Waals surface area contributed by atoms with E-state index in [-0.39, 0.29) is 0 Å². The molecule has 2 saturated heterocycles. The Balaban J connectivity index is 1.47. The highest BCUT2D eigenvalue weighted by Gasteiger charge is 2.38. The zero-order valence-electron chi connectivity index (χ0n) is 15.5. The molecule has 7 nitrogen and oxygen atoms in total. The fraction of sp³-hybridized carbons (Fsp3) is 0.450. The van der Waals surface area contributed by atoms with Crippen LogP contribution in [0, 0.1) is 11.3 Å². The fourth-order valence-corrected chi connectivity index (χ4v) is 3.94. The van der Waals surface area contributed by atoms with Gasteiger partial charge in [-0.15, -0.1) is 0 Å². The molecule has 0 aromatic carbocycles. The van der Waals surface area contributed by atoms with Crippen LogP contribution in [0.5, 0.6) is 0 Å². The molecule has 7 heteroatoms. The second-order valence-corrected chi connectivity index (χ2v) is 7.77. The normalized spacial score (nSPS) is 18.6. The third-order valence-corrected chi connectivity index (χ3v) is 5.67. The molecule has 2 aliphatic heterocycles. The van der Waals surface area contributed by atoms with Crippen molar-refractivity contribution in [3.8, 4) is 17.3 Å². The molecule has 1 N–H and O–H groups in total. The van der Waals surface area contributed by atoms with Crippen LogP contribution in [-0.2, 0) is 4.74 Å². The Kier molecular flexibility index (Phi) is 3.78. The molecule has 138 valence electrons. The SMILES string of the molecule is CC(C)n1nc(-c2cnc3[nH]cc(C#N)c3c2)cc1C1CN(C2COC2)C1. The van der Waals surface area contributed by atoms with Crippen LogP contribution < -0.4 is 0 Å². The summed E-state index contributed by atoms with van der Waals surface area (Å²) >= 11 is 0. The third-order valence-electron chi connectivity index (χ3n) is 5.67. The Morgan fingerprint density at radius 1 is 1.30 bits per heavy atom. The van der Waals surface area contributed by atoms with E-state index in [4.69, 9.17) is 9.84 Å². The number of aromatic nitrogens is 4. The molecule has 3 aromatic heterocycles. The van der Waals surface area contributed by atoms with Gasteiger partial charge in [0.25, 0.3) is 0 Å². The van der Waals surface area contributed by atoms with E-state index >= 15 is 0 Å². The van der Waals surface area contributed by atoms with Crippen molar-refractivity contribution in [2.45, 2.75) is 31.8 Å². The van der Waals surface area contributed by atoms with Gasteiger partial charge in [0.05, 0.1) is 30.5 Å². The Bertz CT molecular complexity index is 1030. The molecule has 27 heavy (non-hydrogen) atoms. The molecule has 0 atom stereocenters. The number of hydrogen-bond acceptors (Lipinski definition) is 5. The first-order valence-electron chi connectivity index (χ1n) is 9.43. The van der Waals surface area contributed by atoms with Crippen molar-refractivity contribution in [1.29, 1.82) is 5.26 Å². The summed E-state index contributed by atoms with van der Waals surface area (Å²) < 4.78 is 7.45. The van der Waals surface area contributed by atoms with E-state index in [0.29, 0.717) is 23.6 Å². The lowest BCUT2D eigenvalue weighted by Gasteiger charge is -2.47. The number of likely N-dealkylation sites (tertiary alicyclic amines) is 1. The molecule has 5 rings (SSSR count). The first-order valence-corrected chi connectivity index (χ1v) is 9.43. The molecule has 0 bridgehead atoms. The van der Waals surface area contributed by atoms with Gasteiger partial charge in [-0.1, -0.05) is 0 Å². The Labute approximate surface area is 157 Å². The summed E-state index contributed by atoms with van der Waals surface area (Å²) in [6.45, 7) is 8.20. The molecule has 2 aliphatic rings. The number of H-pyrrole nitrogens is 1. The summed E-state index contributed by atoms with van der Waals surface area (Å²) in [6.07, 6.45) is 3.53. The molecule has 5 heterocycles. The van der Waals surface area contributed by atoms with Gasteiger partial charge in [0.15, 0.2) is 0 Å². The van der Waals surface area contributed by atoms with E-state index in [1.165, 1.54) is 5.69 Å². The van der Waals surface area contributed by atoms with Gasteiger partial charge in [0.1, 0.15) is 11.7 Å². The van der Waals surface area contributed by atoms with Crippen LogP contribution >= 0.6 is 0 Å². The van der Waals surface area contributed by atoms with Crippen LogP contribution in [0.3, 0.4) is 0 Å². The van der Waals surface area contributed by atoms with E-state index in [1.54, 1.807) is 6.20 Å². The monoisotopic (exact) mass is 362 g/mol. The van der Waals surface area contributed by atoms with Crippen LogP contribution in [0.2, 0.25) is 0 Å². The van der Waals surface area contributed by atoms with Crippen molar-refractivity contribution in [3.63, 3.8) is 0 Å². The second kappa shape index (κ2) is 6.19. The number of pyridine rings is 1. The summed E-state index contributed by atoms with van der Waals surface area (Å²) in [4.78, 5) is 10.0. The Morgan fingerprint density at radius 2 is 2.11 bits per heavy atom. The van der Waals surface area contributed by atoms with E-state index in [9.17, 15) is 5.26 Å². The molecule has 0 aliphatic carbocycles. The lowest BCUT2D eigenvalue weighted by molar-refractivity contribution is -0.0913. The minimum absolute atomic E-state index is 0.299. The number of aromatic amines is 1. The van der Waals surface area contributed by atoms with Gasteiger partial charge in [-0.25, -0.2) is 4.98 Å². The van der Waals surface area contributed by atoms with Gasteiger partial charge < -0.3 is 9.72 Å². The maximum Gasteiger partial charge on any atom is 0.138 e. The summed E-state index contributed by atoms with van der Waals surface area (Å²) in [7, 11) is 0. The van der Waals surface area contributed by atoms with Gasteiger partial charge in [-0.3, -0.25) is 9.58 Å². The van der Waals surface area contributed by atoms with Crippen molar-refractivity contribution < 1.29 is 4.74 Å². The van der Waals surface area contributed by atoms with Crippen LogP contribution in [0.25, 0.3) is 22.3 Å². The molecule has 0 amide bonds. The second-order valence-electron chi connectivity index (χ2n) is 7.77. The molecule has 2 fully saturated rings. The highest BCUT2D eigenvalue weighted by molar-refractivity contribution is 5.86. The van der Waals surface area contributed by atoms with E-state index in [0.717, 1.165) is 48.6 Å². The average Bonchev–Trinajstić information content (AvgIpc) is 3.19. The van der Waals surface area contributed by atoms with Gasteiger partial charge >= 0.3 is 0 Å². The lowest BCUT2D eigenvalue weighted by atomic mass is 9.92. The van der Waals surface area contributed by atoms with E-state index in [1.807, 2.05) is 12.3 Å². The van der Waals surface area contributed by atoms with Crippen molar-refractivity contribution in [2.75, 3.05) is 26.3 Å². The van der Waals surface area contributed by atoms with Gasteiger partial charge in [0.2, 0.25) is 0 Å². The number of hydrogen-bond donors (Lipinski definition) is 1. The lowest BCUT2D eigenvalue weighted by Crippen LogP contribution is -2.58. The van der Waals surface area contributed by atoms with Crippen LogP contribution in [0.1, 0.15) is 37.1 Å². The predicted octanol–water partition coefficient (Wildman–Crippen LogP) is 2.68. The van der Waals surface area contributed by atoms with Crippen LogP contribution in [-0.4, -0.2) is 57.0 Å². The first kappa shape index (κ1) is 16.5. The average molecular weight is 362 g/mol. The number of fused-ring (bicyclic) bond motifs is 1. The molecule has 0 radical (unpaired) electrons. The number of nitrogens with one attached hydrogen (secondary N) is 1. The summed E-state index contributed by atoms with van der Waals surface area (Å²) in [5, 5.41) is 15.0. The van der Waals surface area contributed by atoms with Crippen molar-refractivity contribution in [1.82, 2.24) is 24.6 Å². The maximum atomic E-state index is 9.28. The van der Waals surface area contributed by atoms with Gasteiger partial charge in [0, 0.05) is 54.1 Å². The molecule has 0 spiro atoms. The minimum Gasteiger partial charge on any atom is -0.378 e. The number of nitrogens with zero attached hydrogens (tertiary/aromatic N) is 5. The molecule has 0 saturated carbocycles. The van der Waals surface area contributed by atoms with Gasteiger partial charge in [-0.2, -0.15) is 10.4 Å². The summed E-state index contributed by atoms with van der Waals surface area (Å²) in [6, 6.07) is 7.31. The summed E-state index contributed by atoms with van der Waals surface area (Å²) in [5.41, 5.74) is 4.49. The first-order chi connectivity index (χ1) is 13.1.